The molecule has 4 heterocycles. The summed E-state index contributed by atoms with van der Waals surface area (Å²) in [5, 5.41) is 2.55. The Balaban J connectivity index is 1.50. The van der Waals surface area contributed by atoms with Crippen molar-refractivity contribution in [3.05, 3.63) is 35.8 Å². The maximum atomic E-state index is 13.0. The number of likely N-dealkylation sites (tertiary alicyclic amines) is 1. The molecule has 0 saturated carbocycles. The number of aryl methyl sites for hydroxylation is 1. The molecule has 8 nitrogen and oxygen atoms in total. The molecule has 2 aliphatic rings. The number of hydrogen-bond acceptors (Lipinski definition) is 4. The van der Waals surface area contributed by atoms with Crippen LogP contribution in [0.5, 0.6) is 0 Å². The molecule has 4 rings (SSSR count). The van der Waals surface area contributed by atoms with Gasteiger partial charge in [0.25, 0.3) is 5.91 Å². The van der Waals surface area contributed by atoms with E-state index in [0.717, 1.165) is 5.65 Å². The van der Waals surface area contributed by atoms with Crippen LogP contribution in [-0.2, 0) is 4.79 Å². The molecule has 2 aromatic heterocycles. The molecule has 2 saturated heterocycles. The van der Waals surface area contributed by atoms with Crippen LogP contribution >= 0.6 is 0 Å². The number of imidazole rings is 1. The van der Waals surface area contributed by atoms with Crippen LogP contribution in [0, 0.1) is 6.92 Å². The maximum Gasteiger partial charge on any atom is 0.324 e. The number of amides is 4. The van der Waals surface area contributed by atoms with E-state index < -0.39 is 0 Å². The van der Waals surface area contributed by atoms with E-state index in [0.29, 0.717) is 37.3 Å². The quantitative estimate of drug-likeness (QED) is 0.819. The van der Waals surface area contributed by atoms with Crippen molar-refractivity contribution in [1.29, 1.82) is 0 Å². The van der Waals surface area contributed by atoms with Gasteiger partial charge < -0.3 is 10.2 Å². The molecule has 130 valence electrons. The fourth-order valence-corrected chi connectivity index (χ4v) is 3.65. The minimum Gasteiger partial charge on any atom is -0.337 e. The monoisotopic (exact) mass is 341 g/mol. The molecule has 0 radical (unpaired) electrons. The number of fused-ring (bicyclic) bond motifs is 1. The first-order valence-corrected chi connectivity index (χ1v) is 8.39. The summed E-state index contributed by atoms with van der Waals surface area (Å²) in [5.74, 6) is -0.251. The van der Waals surface area contributed by atoms with Gasteiger partial charge in [-0.25, -0.2) is 9.78 Å². The van der Waals surface area contributed by atoms with Gasteiger partial charge in [-0.1, -0.05) is 6.07 Å². The maximum absolute atomic E-state index is 13.0. The normalized spacial score (nSPS) is 18.9. The standard InChI is InChI=1S/C17H19N5O3/c1-11-15(21-7-3-2-4-13(21)19-11)16(24)20-8-5-12(6-9-20)22-14(23)10-18-17(22)25/h2-4,7,12H,5-6,8-10H2,1H3,(H,18,25). The molecular formula is C17H19N5O3. The largest absolute Gasteiger partial charge is 0.337 e. The zero-order chi connectivity index (χ0) is 17.6. The number of rotatable bonds is 2. The Kier molecular flexibility index (Phi) is 3.67. The van der Waals surface area contributed by atoms with Gasteiger partial charge in [0.1, 0.15) is 11.3 Å². The number of nitrogens with zero attached hydrogens (tertiary/aromatic N) is 4. The Hall–Kier alpha value is -2.90. The van der Waals surface area contributed by atoms with Crippen LogP contribution in [0.15, 0.2) is 24.4 Å². The Labute approximate surface area is 144 Å². The lowest BCUT2D eigenvalue weighted by Gasteiger charge is -2.35. The second kappa shape index (κ2) is 5.87. The molecule has 1 N–H and O–H groups in total. The minimum atomic E-state index is -0.326. The van der Waals surface area contributed by atoms with E-state index in [2.05, 4.69) is 10.3 Å². The average molecular weight is 341 g/mol. The zero-order valence-corrected chi connectivity index (χ0v) is 13.9. The Morgan fingerprint density at radius 2 is 2.00 bits per heavy atom. The van der Waals surface area contributed by atoms with Crippen LogP contribution in [0.3, 0.4) is 0 Å². The second-order valence-electron chi connectivity index (χ2n) is 6.42. The summed E-state index contributed by atoms with van der Waals surface area (Å²) >= 11 is 0. The zero-order valence-electron chi connectivity index (χ0n) is 13.9. The number of carbonyl (C=O) groups is 3. The lowest BCUT2D eigenvalue weighted by Crippen LogP contribution is -2.49. The summed E-state index contributed by atoms with van der Waals surface area (Å²) in [6, 6.07) is 5.16. The topological polar surface area (TPSA) is 87.0 Å². The molecule has 4 amide bonds. The summed E-state index contributed by atoms with van der Waals surface area (Å²) in [5.41, 5.74) is 2.02. The van der Waals surface area contributed by atoms with Crippen LogP contribution < -0.4 is 5.32 Å². The Morgan fingerprint density at radius 1 is 1.24 bits per heavy atom. The van der Waals surface area contributed by atoms with Crippen LogP contribution in [-0.4, -0.2) is 62.7 Å². The van der Waals surface area contributed by atoms with Gasteiger partial charge in [0.05, 0.1) is 12.2 Å². The van der Waals surface area contributed by atoms with Crippen LogP contribution in [0.25, 0.3) is 5.65 Å². The molecule has 25 heavy (non-hydrogen) atoms. The van der Waals surface area contributed by atoms with Gasteiger partial charge in [-0.2, -0.15) is 0 Å². The molecular weight excluding hydrogens is 322 g/mol. The van der Waals surface area contributed by atoms with Crippen molar-refractivity contribution >= 4 is 23.5 Å². The van der Waals surface area contributed by atoms with E-state index in [1.807, 2.05) is 31.3 Å². The Bertz CT molecular complexity index is 850. The summed E-state index contributed by atoms with van der Waals surface area (Å²) in [7, 11) is 0. The van der Waals surface area contributed by atoms with Gasteiger partial charge in [0, 0.05) is 25.3 Å². The molecule has 8 heteroatoms. The highest BCUT2D eigenvalue weighted by molar-refractivity contribution is 6.02. The summed E-state index contributed by atoms with van der Waals surface area (Å²) in [6.07, 6.45) is 3.03. The number of carbonyl (C=O) groups excluding carboxylic acids is 3. The average Bonchev–Trinajstić information content (AvgIpc) is 3.13. The van der Waals surface area contributed by atoms with Crippen molar-refractivity contribution in [3.63, 3.8) is 0 Å². The number of aromatic nitrogens is 2. The van der Waals surface area contributed by atoms with Crippen molar-refractivity contribution in [3.8, 4) is 0 Å². The lowest BCUT2D eigenvalue weighted by molar-refractivity contribution is -0.127. The van der Waals surface area contributed by atoms with Crippen molar-refractivity contribution in [2.75, 3.05) is 19.6 Å². The first kappa shape index (κ1) is 15.6. The van der Waals surface area contributed by atoms with Gasteiger partial charge >= 0.3 is 6.03 Å². The van der Waals surface area contributed by atoms with E-state index in [-0.39, 0.29) is 30.4 Å². The number of hydrogen-bond donors (Lipinski definition) is 1. The van der Waals surface area contributed by atoms with Gasteiger partial charge in [-0.3, -0.25) is 18.9 Å². The molecule has 2 aliphatic heterocycles. The number of urea groups is 1. The van der Waals surface area contributed by atoms with Crippen molar-refractivity contribution < 1.29 is 14.4 Å². The SMILES string of the molecule is Cc1nc2ccccn2c1C(=O)N1CCC(N2C(=O)CNC2=O)CC1. The van der Waals surface area contributed by atoms with E-state index in [1.54, 1.807) is 9.30 Å². The predicted octanol–water partition coefficient (Wildman–Crippen LogP) is 0.799. The minimum absolute atomic E-state index is 0.0631. The fourth-order valence-electron chi connectivity index (χ4n) is 3.65. The molecule has 0 unspecified atom stereocenters. The van der Waals surface area contributed by atoms with Gasteiger partial charge in [0.15, 0.2) is 0 Å². The summed E-state index contributed by atoms with van der Waals surface area (Å²) in [4.78, 5) is 44.1. The highest BCUT2D eigenvalue weighted by atomic mass is 16.2. The molecule has 0 spiro atoms. The first-order chi connectivity index (χ1) is 12.1. The number of pyridine rings is 1. The highest BCUT2D eigenvalue weighted by Gasteiger charge is 2.37. The number of imide groups is 1. The number of nitrogens with one attached hydrogen (secondary N) is 1. The molecule has 0 aromatic carbocycles. The van der Waals surface area contributed by atoms with Crippen LogP contribution in [0.4, 0.5) is 4.79 Å². The molecule has 0 atom stereocenters. The van der Waals surface area contributed by atoms with E-state index >= 15 is 0 Å². The van der Waals surface area contributed by atoms with E-state index in [4.69, 9.17) is 0 Å². The molecule has 2 aromatic rings. The van der Waals surface area contributed by atoms with Crippen molar-refractivity contribution in [2.24, 2.45) is 0 Å². The third-order valence-corrected chi connectivity index (χ3v) is 4.90. The Morgan fingerprint density at radius 3 is 2.68 bits per heavy atom. The third-order valence-electron chi connectivity index (χ3n) is 4.90. The lowest BCUT2D eigenvalue weighted by atomic mass is 10.0. The van der Waals surface area contributed by atoms with Gasteiger partial charge in [0.2, 0.25) is 5.91 Å². The van der Waals surface area contributed by atoms with E-state index in [9.17, 15) is 14.4 Å². The molecule has 0 aliphatic carbocycles. The molecule has 2 fully saturated rings. The summed E-state index contributed by atoms with van der Waals surface area (Å²) < 4.78 is 1.81. The van der Waals surface area contributed by atoms with Crippen molar-refractivity contribution in [2.45, 2.75) is 25.8 Å². The van der Waals surface area contributed by atoms with Crippen molar-refractivity contribution in [1.82, 2.24) is 24.5 Å². The molecule has 0 bridgehead atoms. The van der Waals surface area contributed by atoms with Crippen LogP contribution in [0.1, 0.15) is 29.0 Å². The second-order valence-corrected chi connectivity index (χ2v) is 6.42. The van der Waals surface area contributed by atoms with Gasteiger partial charge in [-0.15, -0.1) is 0 Å². The smallest absolute Gasteiger partial charge is 0.324 e. The predicted molar refractivity (Wildman–Crippen MR) is 89.1 cm³/mol. The summed E-state index contributed by atoms with van der Waals surface area (Å²) in [6.45, 7) is 2.93. The first-order valence-electron chi connectivity index (χ1n) is 8.39. The number of piperidine rings is 1. The van der Waals surface area contributed by atoms with Crippen LogP contribution in [0.2, 0.25) is 0 Å². The third kappa shape index (κ3) is 2.54. The highest BCUT2D eigenvalue weighted by Crippen LogP contribution is 2.22. The van der Waals surface area contributed by atoms with E-state index in [1.165, 1.54) is 4.90 Å². The van der Waals surface area contributed by atoms with Gasteiger partial charge in [-0.05, 0) is 31.9 Å². The fraction of sp³-hybridized carbons (Fsp3) is 0.412.